The van der Waals surface area contributed by atoms with Crippen molar-refractivity contribution in [1.29, 1.82) is 0 Å². The van der Waals surface area contributed by atoms with Gasteiger partial charge in [0.15, 0.2) is 0 Å². The van der Waals surface area contributed by atoms with E-state index in [0.29, 0.717) is 28.9 Å². The molecule has 0 unspecified atom stereocenters. The molecular weight excluding hydrogens is 375 g/mol. The van der Waals surface area contributed by atoms with E-state index in [4.69, 9.17) is 4.74 Å². The Kier molecular flexibility index (Phi) is 4.98. The van der Waals surface area contributed by atoms with Crippen LogP contribution in [0.2, 0.25) is 0 Å². The number of hydrogen-bond acceptors (Lipinski definition) is 6. The van der Waals surface area contributed by atoms with Gasteiger partial charge in [-0.05, 0) is 29.8 Å². The molecule has 2 aromatic heterocycles. The van der Waals surface area contributed by atoms with Crippen LogP contribution in [-0.4, -0.2) is 14.9 Å². The number of nitro benzene ring substituents is 1. The molecule has 0 aliphatic carbocycles. The third-order valence-electron chi connectivity index (χ3n) is 4.29. The second-order valence-electron chi connectivity index (χ2n) is 6.23. The second kappa shape index (κ2) is 7.89. The minimum absolute atomic E-state index is 0.0131. The second-order valence-corrected chi connectivity index (χ2v) is 6.23. The van der Waals surface area contributed by atoms with Crippen LogP contribution in [0.15, 0.2) is 73.2 Å². The lowest BCUT2D eigenvalue weighted by Gasteiger charge is -2.10. The van der Waals surface area contributed by atoms with Crippen molar-refractivity contribution in [2.45, 2.75) is 6.54 Å². The molecule has 0 radical (unpaired) electrons. The Hall–Kier alpha value is -4.07. The van der Waals surface area contributed by atoms with Gasteiger partial charge < -0.3 is 10.1 Å². The number of pyridine rings is 2. The highest BCUT2D eigenvalue weighted by Gasteiger charge is 2.14. The Morgan fingerprint density at radius 1 is 1.07 bits per heavy atom. The van der Waals surface area contributed by atoms with E-state index >= 15 is 0 Å². The molecule has 4 aromatic rings. The van der Waals surface area contributed by atoms with Crippen molar-refractivity contribution in [3.8, 4) is 11.6 Å². The molecular formula is C21H15FN4O3. The van der Waals surface area contributed by atoms with Crippen molar-refractivity contribution in [2.24, 2.45) is 0 Å². The number of ether oxygens (including phenoxy) is 1. The molecule has 0 aliphatic rings. The van der Waals surface area contributed by atoms with Gasteiger partial charge in [0.05, 0.1) is 10.3 Å². The summed E-state index contributed by atoms with van der Waals surface area (Å²) < 4.78 is 18.8. The number of non-ortho nitro benzene ring substituents is 1. The van der Waals surface area contributed by atoms with Crippen LogP contribution in [0.5, 0.6) is 11.6 Å². The Bertz CT molecular complexity index is 1180. The van der Waals surface area contributed by atoms with Gasteiger partial charge in [0.1, 0.15) is 11.6 Å². The van der Waals surface area contributed by atoms with Crippen LogP contribution in [0.25, 0.3) is 10.8 Å². The van der Waals surface area contributed by atoms with Gasteiger partial charge in [-0.3, -0.25) is 15.1 Å². The molecule has 0 saturated carbocycles. The van der Waals surface area contributed by atoms with E-state index in [2.05, 4.69) is 15.3 Å². The monoisotopic (exact) mass is 390 g/mol. The third-order valence-corrected chi connectivity index (χ3v) is 4.29. The van der Waals surface area contributed by atoms with E-state index < -0.39 is 4.92 Å². The van der Waals surface area contributed by atoms with E-state index in [1.54, 1.807) is 42.7 Å². The number of nitrogens with zero attached hydrogens (tertiary/aromatic N) is 3. The van der Waals surface area contributed by atoms with E-state index in [1.165, 1.54) is 24.4 Å². The smallest absolute Gasteiger partial charge is 0.278 e. The summed E-state index contributed by atoms with van der Waals surface area (Å²) in [5.41, 5.74) is 1.66. The SMILES string of the molecule is O=[N+]([O-])c1ccc(NCc2ccc(Oc3cccc(F)c3)nc2)c2ccncc12. The van der Waals surface area contributed by atoms with Crippen LogP contribution in [0.1, 0.15) is 5.56 Å². The van der Waals surface area contributed by atoms with Crippen molar-refractivity contribution in [3.05, 3.63) is 94.7 Å². The fraction of sp³-hybridized carbons (Fsp3) is 0.0476. The number of aromatic nitrogens is 2. The lowest BCUT2D eigenvalue weighted by molar-refractivity contribution is -0.383. The van der Waals surface area contributed by atoms with Crippen LogP contribution in [0, 0.1) is 15.9 Å². The molecule has 0 aliphatic heterocycles. The highest BCUT2D eigenvalue weighted by atomic mass is 19.1. The zero-order valence-electron chi connectivity index (χ0n) is 15.1. The summed E-state index contributed by atoms with van der Waals surface area (Å²) in [5, 5.41) is 15.7. The summed E-state index contributed by atoms with van der Waals surface area (Å²) in [6, 6.07) is 14.2. The molecule has 0 atom stereocenters. The zero-order valence-corrected chi connectivity index (χ0v) is 15.1. The largest absolute Gasteiger partial charge is 0.439 e. The van der Waals surface area contributed by atoms with E-state index in [9.17, 15) is 14.5 Å². The normalized spacial score (nSPS) is 10.7. The highest BCUT2D eigenvalue weighted by Crippen LogP contribution is 2.31. The van der Waals surface area contributed by atoms with Gasteiger partial charge in [-0.2, -0.15) is 0 Å². The first-order valence-corrected chi connectivity index (χ1v) is 8.73. The number of nitrogens with one attached hydrogen (secondary N) is 1. The number of benzene rings is 2. The molecule has 0 saturated heterocycles. The van der Waals surface area contributed by atoms with E-state index in [-0.39, 0.29) is 11.5 Å². The van der Waals surface area contributed by atoms with Crippen LogP contribution in [0.4, 0.5) is 15.8 Å². The molecule has 8 heteroatoms. The van der Waals surface area contributed by atoms with Gasteiger partial charge in [0, 0.05) is 54.4 Å². The minimum Gasteiger partial charge on any atom is -0.439 e. The van der Waals surface area contributed by atoms with Crippen molar-refractivity contribution in [3.63, 3.8) is 0 Å². The van der Waals surface area contributed by atoms with Gasteiger partial charge in [0.25, 0.3) is 5.69 Å². The van der Waals surface area contributed by atoms with Gasteiger partial charge in [0.2, 0.25) is 5.88 Å². The molecule has 29 heavy (non-hydrogen) atoms. The number of anilines is 1. The van der Waals surface area contributed by atoms with Crippen molar-refractivity contribution in [2.75, 3.05) is 5.32 Å². The third kappa shape index (κ3) is 4.11. The van der Waals surface area contributed by atoms with Crippen molar-refractivity contribution < 1.29 is 14.1 Å². The minimum atomic E-state index is -0.422. The average molecular weight is 390 g/mol. The quantitative estimate of drug-likeness (QED) is 0.365. The van der Waals surface area contributed by atoms with Gasteiger partial charge >= 0.3 is 0 Å². The lowest BCUT2D eigenvalue weighted by atomic mass is 10.1. The lowest BCUT2D eigenvalue weighted by Crippen LogP contribution is -2.02. The number of hydrogen-bond donors (Lipinski definition) is 1. The molecule has 2 heterocycles. The predicted octanol–water partition coefficient (Wildman–Crippen LogP) is 5.08. The number of rotatable bonds is 6. The molecule has 0 bridgehead atoms. The standard InChI is InChI=1S/C21H15FN4O3/c22-15-2-1-3-16(10-15)29-21-7-4-14(12-25-21)11-24-19-5-6-20(26(27)28)18-13-23-9-8-17(18)19/h1-10,12-13,24H,11H2. The highest BCUT2D eigenvalue weighted by molar-refractivity contribution is 5.99. The maximum absolute atomic E-state index is 13.2. The first kappa shape index (κ1) is 18.3. The fourth-order valence-electron chi connectivity index (χ4n) is 2.91. The zero-order chi connectivity index (χ0) is 20.2. The first-order chi connectivity index (χ1) is 14.1. The summed E-state index contributed by atoms with van der Waals surface area (Å²) in [6.07, 6.45) is 4.73. The molecule has 1 N–H and O–H groups in total. The van der Waals surface area contributed by atoms with Gasteiger partial charge in [-0.15, -0.1) is 0 Å². The Labute approximate surface area is 165 Å². The number of fused-ring (bicyclic) bond motifs is 1. The summed E-state index contributed by atoms with van der Waals surface area (Å²) >= 11 is 0. The number of nitro groups is 1. The fourth-order valence-corrected chi connectivity index (χ4v) is 2.91. The van der Waals surface area contributed by atoms with Gasteiger partial charge in [-0.25, -0.2) is 9.37 Å². The van der Waals surface area contributed by atoms with E-state index in [0.717, 1.165) is 11.3 Å². The molecule has 4 rings (SSSR count). The van der Waals surface area contributed by atoms with Crippen LogP contribution >= 0.6 is 0 Å². The Morgan fingerprint density at radius 2 is 1.97 bits per heavy atom. The first-order valence-electron chi connectivity index (χ1n) is 8.73. The van der Waals surface area contributed by atoms with Crippen LogP contribution in [0.3, 0.4) is 0 Å². The van der Waals surface area contributed by atoms with Gasteiger partial charge in [-0.1, -0.05) is 12.1 Å². The Balaban J connectivity index is 1.48. The summed E-state index contributed by atoms with van der Waals surface area (Å²) in [6.45, 7) is 0.461. The van der Waals surface area contributed by atoms with Crippen LogP contribution < -0.4 is 10.1 Å². The van der Waals surface area contributed by atoms with Crippen LogP contribution in [-0.2, 0) is 6.54 Å². The maximum Gasteiger partial charge on any atom is 0.278 e. The summed E-state index contributed by atoms with van der Waals surface area (Å²) in [4.78, 5) is 19.0. The topological polar surface area (TPSA) is 90.2 Å². The molecule has 0 fully saturated rings. The average Bonchev–Trinajstić information content (AvgIpc) is 2.73. The molecule has 144 valence electrons. The molecule has 0 amide bonds. The van der Waals surface area contributed by atoms with Crippen molar-refractivity contribution in [1.82, 2.24) is 9.97 Å². The molecule has 2 aromatic carbocycles. The Morgan fingerprint density at radius 3 is 2.72 bits per heavy atom. The summed E-state index contributed by atoms with van der Waals surface area (Å²) in [5.74, 6) is 0.342. The van der Waals surface area contributed by atoms with Crippen molar-refractivity contribution >= 4 is 22.1 Å². The molecule has 7 nitrogen and oxygen atoms in total. The predicted molar refractivity (Wildman–Crippen MR) is 106 cm³/mol. The molecule has 0 spiro atoms. The maximum atomic E-state index is 13.2. The summed E-state index contributed by atoms with van der Waals surface area (Å²) in [7, 11) is 0. The number of halogens is 1. The van der Waals surface area contributed by atoms with E-state index in [1.807, 2.05) is 6.07 Å².